The maximum Gasteiger partial charge on any atom is 0.369 e. The lowest BCUT2D eigenvalue weighted by atomic mass is 9.95. The number of nitrogens with one attached hydrogen (secondary N) is 2. The van der Waals surface area contributed by atoms with Gasteiger partial charge in [0.15, 0.2) is 0 Å². The van der Waals surface area contributed by atoms with Crippen molar-refractivity contribution in [3.63, 3.8) is 0 Å². The molecule has 18 heteroatoms. The minimum absolute atomic E-state index is 0.0724. The number of aliphatic carboxylic acids is 1. The van der Waals surface area contributed by atoms with Gasteiger partial charge in [-0.2, -0.15) is 0 Å². The van der Waals surface area contributed by atoms with Crippen LogP contribution in [-0.2, 0) is 18.7 Å². The second-order valence-corrected chi connectivity index (χ2v) is 16.2. The maximum absolute atomic E-state index is 13.6. The third kappa shape index (κ3) is 5.53. The molecule has 3 unspecified atom stereocenters. The van der Waals surface area contributed by atoms with Gasteiger partial charge in [-0.15, -0.1) is 11.8 Å². The molecule has 0 spiro atoms. The molecule has 2 aliphatic heterocycles. The first kappa shape index (κ1) is 32.2. The van der Waals surface area contributed by atoms with Crippen molar-refractivity contribution >= 4 is 61.2 Å². The number of carbonyl (C=O) groups is 3. The van der Waals surface area contributed by atoms with Gasteiger partial charge in [0.05, 0.1) is 12.2 Å². The van der Waals surface area contributed by atoms with E-state index in [-0.39, 0.29) is 23.6 Å². The smallest absolute Gasteiger partial charge is 0.369 e. The Hall–Kier alpha value is -2.68. The zero-order chi connectivity index (χ0) is 31.4. The number of ether oxygens (including phenoxy) is 1. The van der Waals surface area contributed by atoms with Crippen LogP contribution >= 0.6 is 27.0 Å². The van der Waals surface area contributed by atoms with Gasteiger partial charge >= 0.3 is 21.2 Å². The van der Waals surface area contributed by atoms with Gasteiger partial charge in [0, 0.05) is 28.8 Å². The van der Waals surface area contributed by atoms with Crippen molar-refractivity contribution in [2.75, 3.05) is 18.5 Å². The Kier molecular flexibility index (Phi) is 8.53. The summed E-state index contributed by atoms with van der Waals surface area (Å²) in [5.74, 6) is -2.12. The summed E-state index contributed by atoms with van der Waals surface area (Å²) in [6.07, 6.45) is -1.00. The third-order valence-corrected chi connectivity index (χ3v) is 12.6. The van der Waals surface area contributed by atoms with Crippen LogP contribution in [0, 0.1) is 0 Å². The number of fused-ring (bicyclic) bond motifs is 2. The monoisotopic (exact) mass is 647 g/mol. The van der Waals surface area contributed by atoms with Gasteiger partial charge in [0.2, 0.25) is 5.91 Å². The van der Waals surface area contributed by atoms with Crippen LogP contribution in [-0.4, -0.2) is 92.9 Å². The average Bonchev–Trinajstić information content (AvgIpc) is 3.13. The standard InChI is InChI=1S/C24H31N3O12P2S/c1-4-39-15-8-6-12-5-7-13(25-10-9-24(32,40(33,34)35)41(36,37)38)11-14(12)16(15)19(28)26-17-20(29)27-18(22(30)31)23(2,3)42-21(17)27/h5-8,11,17-18,21,25,32H,4,9-10H2,1-3H3,(H,26,28)(H,30,31)(H2,33,34,35)(H2,36,37,38). The Balaban J connectivity index is 1.61. The van der Waals surface area contributed by atoms with E-state index >= 15 is 0 Å². The van der Waals surface area contributed by atoms with Crippen LogP contribution in [0.4, 0.5) is 5.69 Å². The third-order valence-electron chi connectivity index (χ3n) is 7.19. The van der Waals surface area contributed by atoms with Crippen molar-refractivity contribution in [2.24, 2.45) is 0 Å². The molecule has 4 rings (SSSR count). The first-order valence-corrected chi connectivity index (χ1v) is 16.7. The predicted molar refractivity (Wildman–Crippen MR) is 152 cm³/mol. The van der Waals surface area contributed by atoms with E-state index in [4.69, 9.17) is 4.74 Å². The SMILES string of the molecule is CCOc1ccc2ccc(NCCC(O)(P(=O)(O)O)P(=O)(O)O)cc2c1C(=O)NC1C(=O)N2C1SC(C)(C)C2C(=O)O. The molecule has 230 valence electrons. The van der Waals surface area contributed by atoms with Gasteiger partial charge < -0.3 is 50.1 Å². The highest BCUT2D eigenvalue weighted by atomic mass is 32.2. The van der Waals surface area contributed by atoms with Crippen molar-refractivity contribution in [3.05, 3.63) is 35.9 Å². The molecule has 2 heterocycles. The quantitative estimate of drug-likeness (QED) is 0.127. The van der Waals surface area contributed by atoms with E-state index in [2.05, 4.69) is 10.6 Å². The number of β-lactam (4-membered cyclic amide) rings is 1. The summed E-state index contributed by atoms with van der Waals surface area (Å²) in [5.41, 5.74) is 0.357. The van der Waals surface area contributed by atoms with E-state index in [1.54, 1.807) is 45.0 Å². The number of thioether (sulfide) groups is 1. The number of anilines is 1. The van der Waals surface area contributed by atoms with E-state index in [0.717, 1.165) is 0 Å². The van der Waals surface area contributed by atoms with Crippen molar-refractivity contribution in [1.29, 1.82) is 0 Å². The normalized spacial score (nSPS) is 22.0. The zero-order valence-electron chi connectivity index (χ0n) is 22.6. The number of carbonyl (C=O) groups excluding carboxylic acids is 2. The molecule has 2 aromatic rings. The average molecular weight is 648 g/mol. The van der Waals surface area contributed by atoms with E-state index < -0.39 is 73.2 Å². The summed E-state index contributed by atoms with van der Waals surface area (Å²) in [6.45, 7) is 4.89. The Morgan fingerprint density at radius 3 is 2.31 bits per heavy atom. The molecule has 0 saturated carbocycles. The van der Waals surface area contributed by atoms with Crippen LogP contribution < -0.4 is 15.4 Å². The summed E-state index contributed by atoms with van der Waals surface area (Å²) in [7, 11) is -11.3. The Bertz CT molecular complexity index is 1520. The molecular formula is C24H31N3O12P2S. The van der Waals surface area contributed by atoms with Crippen LogP contribution in [0.25, 0.3) is 10.8 Å². The molecule has 2 amide bonds. The second kappa shape index (κ2) is 11.1. The largest absolute Gasteiger partial charge is 0.493 e. The minimum atomic E-state index is -5.63. The molecule has 42 heavy (non-hydrogen) atoms. The van der Waals surface area contributed by atoms with E-state index in [1.807, 2.05) is 0 Å². The van der Waals surface area contributed by atoms with Crippen LogP contribution in [0.15, 0.2) is 30.3 Å². The number of hydrogen-bond donors (Lipinski definition) is 8. The molecule has 2 saturated heterocycles. The molecule has 8 N–H and O–H groups in total. The predicted octanol–water partition coefficient (Wildman–Crippen LogP) is 1.29. The van der Waals surface area contributed by atoms with E-state index in [0.29, 0.717) is 10.8 Å². The Morgan fingerprint density at radius 2 is 1.74 bits per heavy atom. The number of rotatable bonds is 11. The number of carboxylic acids is 1. The molecule has 2 aromatic carbocycles. The number of benzene rings is 2. The Morgan fingerprint density at radius 1 is 1.12 bits per heavy atom. The summed E-state index contributed by atoms with van der Waals surface area (Å²) in [5, 5.41) is 22.0. The first-order chi connectivity index (χ1) is 19.3. The van der Waals surface area contributed by atoms with Crippen molar-refractivity contribution in [3.8, 4) is 5.75 Å². The van der Waals surface area contributed by atoms with Gasteiger partial charge in [0.25, 0.3) is 11.0 Å². The molecule has 0 aromatic heterocycles. The van der Waals surface area contributed by atoms with Crippen molar-refractivity contribution in [2.45, 2.75) is 54.5 Å². The maximum atomic E-state index is 13.6. The number of carboxylic acid groups (broad SMARTS) is 1. The van der Waals surface area contributed by atoms with Gasteiger partial charge in [-0.25, -0.2) is 4.79 Å². The highest BCUT2D eigenvalue weighted by molar-refractivity contribution is 8.01. The lowest BCUT2D eigenvalue weighted by molar-refractivity contribution is -0.159. The van der Waals surface area contributed by atoms with Crippen LogP contribution in [0.1, 0.15) is 37.6 Å². The van der Waals surface area contributed by atoms with Crippen LogP contribution in [0.5, 0.6) is 5.75 Å². The zero-order valence-corrected chi connectivity index (χ0v) is 25.2. The molecule has 0 aliphatic carbocycles. The highest BCUT2D eigenvalue weighted by Crippen LogP contribution is 2.68. The topological polar surface area (TPSA) is 243 Å². The summed E-state index contributed by atoms with van der Waals surface area (Å²) < 4.78 is 28.2. The Labute approximate surface area is 243 Å². The van der Waals surface area contributed by atoms with Gasteiger partial charge in [-0.3, -0.25) is 18.7 Å². The van der Waals surface area contributed by atoms with Gasteiger partial charge in [-0.05, 0) is 44.4 Å². The number of hydrogen-bond acceptors (Lipinski definition) is 9. The first-order valence-electron chi connectivity index (χ1n) is 12.6. The molecule has 3 atom stereocenters. The van der Waals surface area contributed by atoms with E-state index in [1.165, 1.54) is 22.7 Å². The summed E-state index contributed by atoms with van der Waals surface area (Å²) in [4.78, 5) is 77.1. The number of amides is 2. The lowest BCUT2D eigenvalue weighted by Gasteiger charge is -2.43. The van der Waals surface area contributed by atoms with Crippen molar-refractivity contribution in [1.82, 2.24) is 10.2 Å². The van der Waals surface area contributed by atoms with Crippen molar-refractivity contribution < 1.29 is 58.0 Å². The van der Waals surface area contributed by atoms with E-state index in [9.17, 15) is 53.3 Å². The molecule has 2 fully saturated rings. The fraction of sp³-hybridized carbons (Fsp3) is 0.458. The highest BCUT2D eigenvalue weighted by Gasteiger charge is 2.64. The molecular weight excluding hydrogens is 616 g/mol. The fourth-order valence-electron chi connectivity index (χ4n) is 5.11. The van der Waals surface area contributed by atoms with Gasteiger partial charge in [-0.1, -0.05) is 12.1 Å². The molecule has 0 bridgehead atoms. The number of nitrogens with zero attached hydrogens (tertiary/aromatic N) is 1. The second-order valence-electron chi connectivity index (χ2n) is 10.4. The fourth-order valence-corrected chi connectivity index (χ4v) is 8.90. The van der Waals surface area contributed by atoms with Gasteiger partial charge in [0.1, 0.15) is 23.2 Å². The molecule has 2 aliphatic rings. The molecule has 15 nitrogen and oxygen atoms in total. The number of aliphatic hydroxyl groups is 1. The van der Waals surface area contributed by atoms with Crippen LogP contribution in [0.2, 0.25) is 0 Å². The lowest BCUT2D eigenvalue weighted by Crippen LogP contribution is -2.70. The minimum Gasteiger partial charge on any atom is -0.493 e. The summed E-state index contributed by atoms with van der Waals surface area (Å²) in [6, 6.07) is 5.91. The van der Waals surface area contributed by atoms with Crippen LogP contribution in [0.3, 0.4) is 0 Å². The summed E-state index contributed by atoms with van der Waals surface area (Å²) >= 11 is 1.27. The molecule has 0 radical (unpaired) electrons.